The van der Waals surface area contributed by atoms with Crippen LogP contribution in [0.2, 0.25) is 0 Å². The number of esters is 1. The van der Waals surface area contributed by atoms with Crippen LogP contribution >= 0.6 is 0 Å². The van der Waals surface area contributed by atoms with Crippen molar-refractivity contribution in [3.8, 4) is 0 Å². The lowest BCUT2D eigenvalue weighted by Gasteiger charge is -2.38. The van der Waals surface area contributed by atoms with Crippen LogP contribution in [0.3, 0.4) is 0 Å². The van der Waals surface area contributed by atoms with Crippen LogP contribution in [0.25, 0.3) is 0 Å². The third kappa shape index (κ3) is 7.43. The van der Waals surface area contributed by atoms with E-state index in [0.717, 1.165) is 6.07 Å². The van der Waals surface area contributed by atoms with Crippen LogP contribution in [-0.2, 0) is 15.7 Å². The molecule has 0 radical (unpaired) electrons. The first-order valence-corrected chi connectivity index (χ1v) is 13.2. The van der Waals surface area contributed by atoms with Gasteiger partial charge in [-0.05, 0) is 52.7 Å². The molecule has 0 spiro atoms. The van der Waals surface area contributed by atoms with Gasteiger partial charge in [-0.3, -0.25) is 9.80 Å². The molecule has 2 heterocycles. The second-order valence-electron chi connectivity index (χ2n) is 10.6. The second-order valence-corrected chi connectivity index (χ2v) is 10.6. The molecule has 1 fully saturated rings. The van der Waals surface area contributed by atoms with Crippen molar-refractivity contribution in [1.29, 1.82) is 0 Å². The van der Waals surface area contributed by atoms with E-state index in [4.69, 9.17) is 4.74 Å². The molecule has 1 aromatic rings. The fourth-order valence-electron chi connectivity index (χ4n) is 4.84. The first-order valence-electron chi connectivity index (χ1n) is 13.2. The summed E-state index contributed by atoms with van der Waals surface area (Å²) in [7, 11) is 0. The fraction of sp³-hybridized carbons (Fsp3) is 0.593. The average molecular weight is 554 g/mol. The Morgan fingerprint density at radius 1 is 1.08 bits per heavy atom. The average Bonchev–Trinajstić information content (AvgIpc) is 3.08. The number of ether oxygens (including phenoxy) is 1. The Morgan fingerprint density at radius 3 is 2.38 bits per heavy atom. The molecule has 3 rings (SSSR count). The van der Waals surface area contributed by atoms with Gasteiger partial charge in [0.05, 0.1) is 23.8 Å². The van der Waals surface area contributed by atoms with Crippen molar-refractivity contribution < 1.29 is 32.3 Å². The van der Waals surface area contributed by atoms with E-state index in [1.54, 1.807) is 18.7 Å². The van der Waals surface area contributed by atoms with E-state index in [1.807, 2.05) is 25.7 Å². The van der Waals surface area contributed by atoms with Gasteiger partial charge in [0, 0.05) is 50.5 Å². The first kappa shape index (κ1) is 30.3. The Morgan fingerprint density at radius 2 is 1.77 bits per heavy atom. The maximum absolute atomic E-state index is 13.9. The minimum absolute atomic E-state index is 0.0187. The molecule has 2 aliphatic heterocycles. The summed E-state index contributed by atoms with van der Waals surface area (Å²) in [4.78, 5) is 44.2. The number of amides is 4. The van der Waals surface area contributed by atoms with E-state index in [9.17, 15) is 27.6 Å². The third-order valence-corrected chi connectivity index (χ3v) is 6.56. The summed E-state index contributed by atoms with van der Waals surface area (Å²) in [6.07, 6.45) is -4.04. The minimum atomic E-state index is -4.69. The molecule has 9 nitrogen and oxygen atoms in total. The number of likely N-dealkylation sites (N-methyl/N-ethyl adjacent to an activating group) is 1. The van der Waals surface area contributed by atoms with Crippen LogP contribution in [0.1, 0.15) is 58.2 Å². The number of hydrogen-bond donors (Lipinski definition) is 2. The highest BCUT2D eigenvalue weighted by molar-refractivity contribution is 5.95. The predicted octanol–water partition coefficient (Wildman–Crippen LogP) is 4.12. The minimum Gasteiger partial charge on any atom is -0.463 e. The van der Waals surface area contributed by atoms with Gasteiger partial charge in [-0.1, -0.05) is 18.2 Å². The van der Waals surface area contributed by atoms with Crippen molar-refractivity contribution in [3.05, 3.63) is 46.7 Å². The molecule has 0 bridgehead atoms. The number of rotatable bonds is 6. The highest BCUT2D eigenvalue weighted by atomic mass is 19.4. The molecule has 1 aromatic carbocycles. The summed E-state index contributed by atoms with van der Waals surface area (Å²) in [5.41, 5.74) is -1.27. The zero-order valence-electron chi connectivity index (χ0n) is 23.2. The van der Waals surface area contributed by atoms with Gasteiger partial charge in [0.15, 0.2) is 0 Å². The standard InChI is InChI=1S/C27H38F3N5O4/c1-6-35-20(17-33-13-10-14-34(16-15-33)25(38)32-26(3,4)5)21(23(36)39-7-2)22(31-24(35)37)18-11-8-9-12-19(18)27(28,29)30/h8-9,11-12,22H,6-7,10,13-17H2,1-5H3,(H,31,37)(H,32,38). The Bertz CT molecular complexity index is 1100. The maximum atomic E-state index is 13.9. The summed E-state index contributed by atoms with van der Waals surface area (Å²) < 4.78 is 47.1. The van der Waals surface area contributed by atoms with Crippen LogP contribution in [0, 0.1) is 0 Å². The molecule has 39 heavy (non-hydrogen) atoms. The number of hydrogen-bond acceptors (Lipinski definition) is 5. The Labute approximate surface area is 227 Å². The van der Waals surface area contributed by atoms with Crippen LogP contribution in [-0.4, -0.2) is 84.1 Å². The normalized spacial score (nSPS) is 19.5. The number of urea groups is 2. The molecule has 4 amide bonds. The number of alkyl halides is 3. The molecule has 0 aliphatic carbocycles. The van der Waals surface area contributed by atoms with Gasteiger partial charge in [-0.25, -0.2) is 14.4 Å². The number of carbonyl (C=O) groups excluding carboxylic acids is 3. The van der Waals surface area contributed by atoms with Gasteiger partial charge in [-0.2, -0.15) is 13.2 Å². The fourth-order valence-corrected chi connectivity index (χ4v) is 4.84. The molecule has 1 unspecified atom stereocenters. The topological polar surface area (TPSA) is 94.2 Å². The molecular weight excluding hydrogens is 515 g/mol. The highest BCUT2D eigenvalue weighted by Gasteiger charge is 2.42. The maximum Gasteiger partial charge on any atom is 0.416 e. The number of carbonyl (C=O) groups is 3. The van der Waals surface area contributed by atoms with E-state index in [-0.39, 0.29) is 42.4 Å². The number of nitrogens with one attached hydrogen (secondary N) is 2. The van der Waals surface area contributed by atoms with E-state index in [1.165, 1.54) is 23.1 Å². The van der Waals surface area contributed by atoms with E-state index < -0.39 is 29.8 Å². The first-order chi connectivity index (χ1) is 18.3. The third-order valence-electron chi connectivity index (χ3n) is 6.56. The summed E-state index contributed by atoms with van der Waals surface area (Å²) in [6, 6.07) is 2.80. The zero-order valence-corrected chi connectivity index (χ0v) is 23.2. The van der Waals surface area contributed by atoms with E-state index >= 15 is 0 Å². The Kier molecular flexibility index (Phi) is 9.52. The molecule has 0 aromatic heterocycles. The molecule has 1 atom stereocenters. The van der Waals surface area contributed by atoms with Gasteiger partial charge in [-0.15, -0.1) is 0 Å². The summed E-state index contributed by atoms with van der Waals surface area (Å²) in [5.74, 6) is -0.783. The van der Waals surface area contributed by atoms with Crippen molar-refractivity contribution in [2.45, 2.75) is 58.8 Å². The largest absolute Gasteiger partial charge is 0.463 e. The molecule has 2 N–H and O–H groups in total. The lowest BCUT2D eigenvalue weighted by Crippen LogP contribution is -2.51. The predicted molar refractivity (Wildman–Crippen MR) is 140 cm³/mol. The van der Waals surface area contributed by atoms with Gasteiger partial charge in [0.1, 0.15) is 0 Å². The molecule has 0 saturated carbocycles. The second kappa shape index (κ2) is 12.3. The molecule has 216 valence electrons. The summed E-state index contributed by atoms with van der Waals surface area (Å²) in [5, 5.41) is 5.56. The lowest BCUT2D eigenvalue weighted by molar-refractivity contribution is -0.141. The number of benzene rings is 1. The molecule has 2 aliphatic rings. The smallest absolute Gasteiger partial charge is 0.416 e. The van der Waals surface area contributed by atoms with Crippen LogP contribution in [0.4, 0.5) is 22.8 Å². The molecule has 12 heteroatoms. The van der Waals surface area contributed by atoms with E-state index in [2.05, 4.69) is 10.6 Å². The van der Waals surface area contributed by atoms with Crippen molar-refractivity contribution in [1.82, 2.24) is 25.3 Å². The Hall–Kier alpha value is -3.28. The molecular formula is C27H38F3N5O4. The number of halogens is 3. The van der Waals surface area contributed by atoms with Crippen molar-refractivity contribution in [3.63, 3.8) is 0 Å². The Balaban J connectivity index is 2.01. The monoisotopic (exact) mass is 553 g/mol. The van der Waals surface area contributed by atoms with Crippen LogP contribution in [0.15, 0.2) is 35.5 Å². The quantitative estimate of drug-likeness (QED) is 0.517. The van der Waals surface area contributed by atoms with Crippen LogP contribution < -0.4 is 10.6 Å². The van der Waals surface area contributed by atoms with Crippen molar-refractivity contribution in [2.24, 2.45) is 0 Å². The highest BCUT2D eigenvalue weighted by Crippen LogP contribution is 2.39. The van der Waals surface area contributed by atoms with Gasteiger partial charge in [0.2, 0.25) is 0 Å². The van der Waals surface area contributed by atoms with Crippen molar-refractivity contribution in [2.75, 3.05) is 45.9 Å². The zero-order chi connectivity index (χ0) is 29.0. The number of nitrogens with zero attached hydrogens (tertiary/aromatic N) is 3. The lowest BCUT2D eigenvalue weighted by atomic mass is 9.90. The van der Waals surface area contributed by atoms with Gasteiger partial charge in [0.25, 0.3) is 0 Å². The van der Waals surface area contributed by atoms with Crippen LogP contribution in [0.5, 0.6) is 0 Å². The summed E-state index contributed by atoms with van der Waals surface area (Å²) in [6.45, 7) is 11.4. The van der Waals surface area contributed by atoms with Crippen molar-refractivity contribution >= 4 is 18.0 Å². The summed E-state index contributed by atoms with van der Waals surface area (Å²) >= 11 is 0. The molecule has 1 saturated heterocycles. The van der Waals surface area contributed by atoms with E-state index in [0.29, 0.717) is 38.3 Å². The SMILES string of the molecule is CCOC(=O)C1=C(CN2CCCN(C(=O)NC(C)(C)C)CC2)N(CC)C(=O)NC1c1ccccc1C(F)(F)F. The van der Waals surface area contributed by atoms with Gasteiger partial charge < -0.3 is 20.3 Å². The van der Waals surface area contributed by atoms with Gasteiger partial charge >= 0.3 is 24.2 Å².